The van der Waals surface area contributed by atoms with Crippen LogP contribution in [0.5, 0.6) is 0 Å². The molecular weight excluding hydrogens is 414 g/mol. The van der Waals surface area contributed by atoms with Crippen molar-refractivity contribution in [3.63, 3.8) is 0 Å². The van der Waals surface area contributed by atoms with Crippen LogP contribution < -0.4 is 0 Å². The van der Waals surface area contributed by atoms with Crippen LogP contribution in [0, 0.1) is 26.2 Å². The molecule has 0 unspecified atom stereocenters. The van der Waals surface area contributed by atoms with Crippen molar-refractivity contribution in [3.8, 4) is 24.0 Å². The predicted octanol–water partition coefficient (Wildman–Crippen LogP) is 7.39. The molecule has 0 bridgehead atoms. The van der Waals surface area contributed by atoms with E-state index in [-0.39, 0.29) is 0 Å². The summed E-state index contributed by atoms with van der Waals surface area (Å²) >= 11 is 0. The third-order valence-electron chi connectivity index (χ3n) is 6.49. The highest BCUT2D eigenvalue weighted by atomic mass is 15.1. The summed E-state index contributed by atoms with van der Waals surface area (Å²) in [5.41, 5.74) is 6.78. The van der Waals surface area contributed by atoms with Crippen molar-refractivity contribution in [2.45, 2.75) is 13.8 Å². The Morgan fingerprint density at radius 2 is 1.21 bits per heavy atom. The summed E-state index contributed by atoms with van der Waals surface area (Å²) in [6, 6.07) is 29.7. The van der Waals surface area contributed by atoms with Gasteiger partial charge in [-0.25, -0.2) is 4.98 Å². The van der Waals surface area contributed by atoms with Crippen molar-refractivity contribution >= 4 is 38.8 Å². The SMILES string of the molecule is C#C/C=C\c1c(C)c2ccccc2n1-c1cc(C)cc(-n2c3ccccc3c3ccccc32)n1. The van der Waals surface area contributed by atoms with Crippen molar-refractivity contribution < 1.29 is 0 Å². The van der Waals surface area contributed by atoms with E-state index in [1.165, 1.54) is 21.7 Å². The monoisotopic (exact) mass is 437 g/mol. The lowest BCUT2D eigenvalue weighted by molar-refractivity contribution is 0.976. The van der Waals surface area contributed by atoms with E-state index in [4.69, 9.17) is 11.4 Å². The first-order valence-electron chi connectivity index (χ1n) is 11.4. The molecule has 6 aromatic rings. The number of hydrogen-bond acceptors (Lipinski definition) is 1. The zero-order valence-electron chi connectivity index (χ0n) is 19.2. The Hall–Kier alpha value is -4.55. The Morgan fingerprint density at radius 3 is 1.79 bits per heavy atom. The minimum absolute atomic E-state index is 0.873. The molecule has 0 aliphatic heterocycles. The van der Waals surface area contributed by atoms with E-state index < -0.39 is 0 Å². The Balaban J connectivity index is 1.69. The Kier molecular flexibility index (Phi) is 4.60. The molecule has 3 nitrogen and oxygen atoms in total. The Bertz CT molecular complexity index is 1730. The van der Waals surface area contributed by atoms with Gasteiger partial charge >= 0.3 is 0 Å². The summed E-state index contributed by atoms with van der Waals surface area (Å²) in [5.74, 6) is 4.40. The molecule has 0 saturated heterocycles. The van der Waals surface area contributed by atoms with E-state index in [0.29, 0.717) is 0 Å². The minimum atomic E-state index is 0.873. The quantitative estimate of drug-likeness (QED) is 0.265. The summed E-state index contributed by atoms with van der Waals surface area (Å²) in [6.45, 7) is 4.26. The first-order valence-corrected chi connectivity index (χ1v) is 11.4. The van der Waals surface area contributed by atoms with Gasteiger partial charge in [0.05, 0.1) is 22.2 Å². The molecule has 3 aromatic heterocycles. The highest BCUT2D eigenvalue weighted by molar-refractivity contribution is 6.09. The lowest BCUT2D eigenvalue weighted by Crippen LogP contribution is -2.05. The highest BCUT2D eigenvalue weighted by Gasteiger charge is 2.17. The van der Waals surface area contributed by atoms with Crippen molar-refractivity contribution in [2.24, 2.45) is 0 Å². The van der Waals surface area contributed by atoms with Crippen LogP contribution in [0.2, 0.25) is 0 Å². The Labute approximate surface area is 198 Å². The minimum Gasteiger partial charge on any atom is -0.294 e. The second kappa shape index (κ2) is 7.79. The lowest BCUT2D eigenvalue weighted by Gasteiger charge is -2.13. The zero-order valence-corrected chi connectivity index (χ0v) is 19.2. The van der Waals surface area contributed by atoms with E-state index in [2.05, 4.69) is 114 Å². The molecule has 6 rings (SSSR count). The topological polar surface area (TPSA) is 22.8 Å². The number of hydrogen-bond donors (Lipinski definition) is 0. The van der Waals surface area contributed by atoms with Crippen molar-refractivity contribution in [1.82, 2.24) is 14.1 Å². The van der Waals surface area contributed by atoms with Gasteiger partial charge in [-0.2, -0.15) is 0 Å². The number of aromatic nitrogens is 3. The van der Waals surface area contributed by atoms with Gasteiger partial charge in [-0.15, -0.1) is 6.42 Å². The van der Waals surface area contributed by atoms with Crippen LogP contribution in [0.25, 0.3) is 50.4 Å². The average Bonchev–Trinajstić information content (AvgIpc) is 3.34. The number of para-hydroxylation sites is 3. The maximum atomic E-state index is 5.56. The summed E-state index contributed by atoms with van der Waals surface area (Å²) < 4.78 is 4.47. The van der Waals surface area contributed by atoms with Crippen LogP contribution in [-0.2, 0) is 0 Å². The molecule has 0 aliphatic rings. The second-order valence-electron chi connectivity index (χ2n) is 8.59. The van der Waals surface area contributed by atoms with Crippen LogP contribution in [0.1, 0.15) is 16.8 Å². The van der Waals surface area contributed by atoms with Crippen molar-refractivity contribution in [1.29, 1.82) is 0 Å². The van der Waals surface area contributed by atoms with Gasteiger partial charge in [-0.1, -0.05) is 60.5 Å². The Morgan fingerprint density at radius 1 is 0.706 bits per heavy atom. The van der Waals surface area contributed by atoms with Crippen LogP contribution in [0.4, 0.5) is 0 Å². The molecule has 0 N–H and O–H groups in total. The molecule has 3 heteroatoms. The van der Waals surface area contributed by atoms with Gasteiger partial charge in [0.15, 0.2) is 0 Å². The van der Waals surface area contributed by atoms with Gasteiger partial charge in [-0.05, 0) is 67.5 Å². The molecular formula is C31H23N3. The summed E-state index contributed by atoms with van der Waals surface area (Å²) in [7, 11) is 0. The fourth-order valence-corrected chi connectivity index (χ4v) is 5.02. The van der Waals surface area contributed by atoms with Crippen molar-refractivity contribution in [2.75, 3.05) is 0 Å². The number of terminal acetylenes is 1. The maximum Gasteiger partial charge on any atom is 0.140 e. The summed E-state index contributed by atoms with van der Waals surface area (Å²) in [4.78, 5) is 5.22. The molecule has 0 atom stereocenters. The fraction of sp³-hybridized carbons (Fsp3) is 0.0645. The van der Waals surface area contributed by atoms with Crippen LogP contribution in [0.15, 0.2) is 91.0 Å². The molecule has 0 radical (unpaired) electrons. The average molecular weight is 438 g/mol. The van der Waals surface area contributed by atoms with Gasteiger partial charge in [0.25, 0.3) is 0 Å². The van der Waals surface area contributed by atoms with E-state index in [1.54, 1.807) is 6.08 Å². The van der Waals surface area contributed by atoms with Crippen LogP contribution >= 0.6 is 0 Å². The number of fused-ring (bicyclic) bond motifs is 4. The number of benzene rings is 3. The van der Waals surface area contributed by atoms with E-state index in [1.807, 2.05) is 6.08 Å². The molecule has 162 valence electrons. The van der Waals surface area contributed by atoms with Gasteiger partial charge in [0.1, 0.15) is 11.6 Å². The van der Waals surface area contributed by atoms with E-state index in [9.17, 15) is 0 Å². The van der Waals surface area contributed by atoms with Gasteiger partial charge < -0.3 is 0 Å². The fourth-order valence-electron chi connectivity index (χ4n) is 5.02. The third kappa shape index (κ3) is 2.97. The first-order chi connectivity index (χ1) is 16.7. The number of pyridine rings is 1. The number of aryl methyl sites for hydroxylation is 2. The van der Waals surface area contributed by atoms with Crippen LogP contribution in [0.3, 0.4) is 0 Å². The molecule has 3 heterocycles. The maximum absolute atomic E-state index is 5.56. The van der Waals surface area contributed by atoms with E-state index >= 15 is 0 Å². The number of nitrogens with zero attached hydrogens (tertiary/aromatic N) is 3. The van der Waals surface area contributed by atoms with Gasteiger partial charge in [0.2, 0.25) is 0 Å². The molecule has 0 saturated carbocycles. The highest BCUT2D eigenvalue weighted by Crippen LogP contribution is 2.33. The predicted molar refractivity (Wildman–Crippen MR) is 143 cm³/mol. The lowest BCUT2D eigenvalue weighted by atomic mass is 10.1. The largest absolute Gasteiger partial charge is 0.294 e. The normalized spacial score (nSPS) is 11.7. The van der Waals surface area contributed by atoms with Crippen molar-refractivity contribution in [3.05, 3.63) is 108 Å². The third-order valence-corrected chi connectivity index (χ3v) is 6.49. The molecule has 3 aromatic carbocycles. The number of allylic oxidation sites excluding steroid dienone is 1. The summed E-state index contributed by atoms with van der Waals surface area (Å²) in [5, 5.41) is 3.65. The van der Waals surface area contributed by atoms with Gasteiger partial charge in [0, 0.05) is 16.2 Å². The standard InChI is InChI=1S/C31H23N3/c1-4-5-15-26-22(3)23-12-6-9-16-27(23)33(26)30-19-21(2)20-31(32-30)34-28-17-10-7-13-24(28)25-14-8-11-18-29(25)34/h1,5-20H,2-3H3/b15-5-. The van der Waals surface area contributed by atoms with Crippen LogP contribution in [-0.4, -0.2) is 14.1 Å². The van der Waals surface area contributed by atoms with E-state index in [0.717, 1.165) is 39.4 Å². The van der Waals surface area contributed by atoms with Gasteiger partial charge in [-0.3, -0.25) is 9.13 Å². The second-order valence-corrected chi connectivity index (χ2v) is 8.59. The molecule has 34 heavy (non-hydrogen) atoms. The molecule has 0 fully saturated rings. The zero-order chi connectivity index (χ0) is 23.2. The smallest absolute Gasteiger partial charge is 0.140 e. The molecule has 0 spiro atoms. The molecule has 0 aliphatic carbocycles. The summed E-state index contributed by atoms with van der Waals surface area (Å²) in [6.07, 6.45) is 9.31. The number of rotatable bonds is 3. The molecule has 0 amide bonds. The first kappa shape index (κ1) is 20.1.